The summed E-state index contributed by atoms with van der Waals surface area (Å²) < 4.78 is 13.2. The number of amides is 1. The van der Waals surface area contributed by atoms with E-state index in [1.54, 1.807) is 20.2 Å². The summed E-state index contributed by atoms with van der Waals surface area (Å²) >= 11 is 5.77. The van der Waals surface area contributed by atoms with E-state index in [4.69, 9.17) is 11.6 Å². The molecule has 0 saturated carbocycles. The van der Waals surface area contributed by atoms with Crippen molar-refractivity contribution in [1.29, 1.82) is 0 Å². The summed E-state index contributed by atoms with van der Waals surface area (Å²) in [7, 11) is 3.26. The number of hydrogen-bond acceptors (Lipinski definition) is 2. The maximum atomic E-state index is 13.2. The lowest BCUT2D eigenvalue weighted by atomic mass is 10.3. The molecule has 0 fully saturated rings. The van der Waals surface area contributed by atoms with E-state index in [1.807, 2.05) is 0 Å². The van der Waals surface area contributed by atoms with Gasteiger partial charge in [-0.1, -0.05) is 17.7 Å². The summed E-state index contributed by atoms with van der Waals surface area (Å²) in [4.78, 5) is 12.7. The molecule has 82 valence electrons. The van der Waals surface area contributed by atoms with E-state index in [1.165, 1.54) is 17.0 Å². The molecule has 3 nitrogen and oxygen atoms in total. The molecule has 0 aliphatic carbocycles. The molecule has 0 unspecified atom stereocenters. The van der Waals surface area contributed by atoms with Crippen LogP contribution in [0.15, 0.2) is 18.2 Å². The number of likely N-dealkylation sites (N-methyl/N-ethyl adjacent to an activating group) is 1. The maximum Gasteiger partial charge on any atom is 0.241 e. The van der Waals surface area contributed by atoms with Gasteiger partial charge in [-0.2, -0.15) is 0 Å². The molecule has 0 radical (unpaired) electrons. The van der Waals surface area contributed by atoms with Crippen molar-refractivity contribution in [3.05, 3.63) is 29.0 Å². The summed E-state index contributed by atoms with van der Waals surface area (Å²) in [6.07, 6.45) is 0. The molecule has 1 aromatic rings. The van der Waals surface area contributed by atoms with Gasteiger partial charge >= 0.3 is 0 Å². The number of rotatable bonds is 3. The normalized spacial score (nSPS) is 9.87. The fraction of sp³-hybridized carbons (Fsp3) is 0.300. The van der Waals surface area contributed by atoms with Crippen molar-refractivity contribution in [3.63, 3.8) is 0 Å². The number of para-hydroxylation sites is 1. The van der Waals surface area contributed by atoms with Crippen LogP contribution < -0.4 is 5.32 Å². The third-order valence-corrected chi connectivity index (χ3v) is 2.19. The number of benzene rings is 1. The first-order valence-corrected chi connectivity index (χ1v) is 4.78. The van der Waals surface area contributed by atoms with Gasteiger partial charge in [-0.05, 0) is 12.1 Å². The van der Waals surface area contributed by atoms with Gasteiger partial charge in [0.1, 0.15) is 5.82 Å². The molecule has 0 atom stereocenters. The molecular formula is C10H12ClFN2O. The predicted molar refractivity (Wildman–Crippen MR) is 58.6 cm³/mol. The van der Waals surface area contributed by atoms with Crippen molar-refractivity contribution in [2.24, 2.45) is 0 Å². The highest BCUT2D eigenvalue weighted by Crippen LogP contribution is 2.24. The smallest absolute Gasteiger partial charge is 0.241 e. The van der Waals surface area contributed by atoms with E-state index in [9.17, 15) is 9.18 Å². The van der Waals surface area contributed by atoms with Crippen molar-refractivity contribution in [1.82, 2.24) is 4.90 Å². The molecule has 0 aliphatic heterocycles. The molecule has 0 spiro atoms. The van der Waals surface area contributed by atoms with Crippen molar-refractivity contribution >= 4 is 23.2 Å². The molecule has 0 aliphatic rings. The zero-order chi connectivity index (χ0) is 11.4. The number of carbonyl (C=O) groups excluding carboxylic acids is 1. The third-order valence-electron chi connectivity index (χ3n) is 1.88. The van der Waals surface area contributed by atoms with E-state index in [-0.39, 0.29) is 23.2 Å². The lowest BCUT2D eigenvalue weighted by Crippen LogP contribution is -2.28. The number of hydrogen-bond donors (Lipinski definition) is 1. The fourth-order valence-corrected chi connectivity index (χ4v) is 1.22. The van der Waals surface area contributed by atoms with Gasteiger partial charge in [-0.25, -0.2) is 4.39 Å². The maximum absolute atomic E-state index is 13.2. The molecule has 0 aromatic heterocycles. The van der Waals surface area contributed by atoms with Gasteiger partial charge in [0, 0.05) is 14.1 Å². The van der Waals surface area contributed by atoms with Crippen molar-refractivity contribution in [3.8, 4) is 0 Å². The second kappa shape index (κ2) is 4.98. The second-order valence-corrected chi connectivity index (χ2v) is 3.65. The van der Waals surface area contributed by atoms with Gasteiger partial charge in [0.25, 0.3) is 0 Å². The molecule has 1 amide bonds. The largest absolute Gasteiger partial charge is 0.373 e. The van der Waals surface area contributed by atoms with Crippen LogP contribution in [-0.2, 0) is 4.79 Å². The minimum absolute atomic E-state index is 0.0215. The number of carbonyl (C=O) groups is 1. The average molecular weight is 231 g/mol. The van der Waals surface area contributed by atoms with Crippen LogP contribution in [0.4, 0.5) is 10.1 Å². The Balaban J connectivity index is 2.69. The summed E-state index contributed by atoms with van der Waals surface area (Å²) in [6, 6.07) is 4.36. The van der Waals surface area contributed by atoms with E-state index in [2.05, 4.69) is 5.32 Å². The summed E-state index contributed by atoms with van der Waals surface area (Å²) in [6.45, 7) is 0.0215. The van der Waals surface area contributed by atoms with Gasteiger partial charge < -0.3 is 10.2 Å². The Morgan fingerprint density at radius 1 is 1.53 bits per heavy atom. The Bertz CT molecular complexity index is 348. The minimum Gasteiger partial charge on any atom is -0.373 e. The second-order valence-electron chi connectivity index (χ2n) is 3.24. The van der Waals surface area contributed by atoms with Crippen LogP contribution in [-0.4, -0.2) is 31.4 Å². The average Bonchev–Trinajstić information content (AvgIpc) is 2.16. The zero-order valence-corrected chi connectivity index (χ0v) is 9.31. The molecule has 1 aromatic carbocycles. The highest BCUT2D eigenvalue weighted by atomic mass is 35.5. The minimum atomic E-state index is -0.464. The van der Waals surface area contributed by atoms with Crippen LogP contribution in [0, 0.1) is 5.82 Å². The van der Waals surface area contributed by atoms with Crippen LogP contribution in [0.5, 0.6) is 0 Å². The highest BCUT2D eigenvalue weighted by molar-refractivity contribution is 6.33. The molecule has 0 saturated heterocycles. The molecule has 0 bridgehead atoms. The van der Waals surface area contributed by atoms with Crippen LogP contribution in [0.25, 0.3) is 0 Å². The first kappa shape index (κ1) is 11.8. The Labute approximate surface area is 92.8 Å². The lowest BCUT2D eigenvalue weighted by molar-refractivity contribution is -0.126. The number of halogens is 2. The van der Waals surface area contributed by atoms with E-state index in [0.29, 0.717) is 0 Å². The van der Waals surface area contributed by atoms with Crippen LogP contribution >= 0.6 is 11.6 Å². The quantitative estimate of drug-likeness (QED) is 0.861. The summed E-state index contributed by atoms with van der Waals surface area (Å²) in [5, 5.41) is 2.93. The molecular weight excluding hydrogens is 219 g/mol. The van der Waals surface area contributed by atoms with Crippen molar-refractivity contribution in [2.75, 3.05) is 26.0 Å². The molecule has 1 rings (SSSR count). The molecule has 1 N–H and O–H groups in total. The van der Waals surface area contributed by atoms with E-state index < -0.39 is 5.82 Å². The Morgan fingerprint density at radius 2 is 2.20 bits per heavy atom. The topological polar surface area (TPSA) is 32.3 Å². The molecule has 0 heterocycles. The Hall–Kier alpha value is -1.29. The highest BCUT2D eigenvalue weighted by Gasteiger charge is 2.09. The predicted octanol–water partition coefficient (Wildman–Crippen LogP) is 1.98. The zero-order valence-electron chi connectivity index (χ0n) is 8.55. The van der Waals surface area contributed by atoms with E-state index >= 15 is 0 Å². The Kier molecular flexibility index (Phi) is 3.91. The standard InChI is InChI=1S/C10H12ClFN2O/c1-14(2)9(15)6-13-10-7(11)4-3-5-8(10)12/h3-5,13H,6H2,1-2H3. The monoisotopic (exact) mass is 230 g/mol. The number of nitrogens with one attached hydrogen (secondary N) is 1. The van der Waals surface area contributed by atoms with Crippen molar-refractivity contribution < 1.29 is 9.18 Å². The fourth-order valence-electron chi connectivity index (χ4n) is 0.989. The number of nitrogens with zero attached hydrogens (tertiary/aromatic N) is 1. The first-order chi connectivity index (χ1) is 7.02. The van der Waals surface area contributed by atoms with Crippen molar-refractivity contribution in [2.45, 2.75) is 0 Å². The van der Waals surface area contributed by atoms with Crippen LogP contribution in [0.1, 0.15) is 0 Å². The summed E-state index contributed by atoms with van der Waals surface area (Å²) in [5.74, 6) is -0.608. The first-order valence-electron chi connectivity index (χ1n) is 4.40. The lowest BCUT2D eigenvalue weighted by Gasteiger charge is -2.12. The SMILES string of the molecule is CN(C)C(=O)CNc1c(F)cccc1Cl. The van der Waals surface area contributed by atoms with Crippen LogP contribution in [0.3, 0.4) is 0 Å². The van der Waals surface area contributed by atoms with Gasteiger partial charge in [0.05, 0.1) is 17.3 Å². The van der Waals surface area contributed by atoms with E-state index in [0.717, 1.165) is 0 Å². The van der Waals surface area contributed by atoms with Gasteiger partial charge in [0.2, 0.25) is 5.91 Å². The Morgan fingerprint density at radius 3 is 2.73 bits per heavy atom. The van der Waals surface area contributed by atoms with Crippen LogP contribution in [0.2, 0.25) is 5.02 Å². The molecule has 5 heteroatoms. The third kappa shape index (κ3) is 3.09. The van der Waals surface area contributed by atoms with Gasteiger partial charge in [-0.15, -0.1) is 0 Å². The molecule has 15 heavy (non-hydrogen) atoms. The summed E-state index contributed by atoms with van der Waals surface area (Å²) in [5.41, 5.74) is 0.161. The van der Waals surface area contributed by atoms with Gasteiger partial charge in [0.15, 0.2) is 0 Å². The number of anilines is 1. The van der Waals surface area contributed by atoms with Gasteiger partial charge in [-0.3, -0.25) is 4.79 Å².